The first-order valence-corrected chi connectivity index (χ1v) is 8.85. The third kappa shape index (κ3) is 4.12. The third-order valence-electron chi connectivity index (χ3n) is 3.66. The highest BCUT2D eigenvalue weighted by molar-refractivity contribution is 9.10. The van der Waals surface area contributed by atoms with Gasteiger partial charge in [0.05, 0.1) is 22.2 Å². The summed E-state index contributed by atoms with van der Waals surface area (Å²) in [5.74, 6) is -0.393. The van der Waals surface area contributed by atoms with Crippen LogP contribution in [0.5, 0.6) is 11.5 Å². The van der Waals surface area contributed by atoms with Gasteiger partial charge in [0, 0.05) is 17.5 Å². The van der Waals surface area contributed by atoms with Crippen LogP contribution in [0.3, 0.4) is 0 Å². The Labute approximate surface area is 166 Å². The Morgan fingerprint density at radius 1 is 1.39 bits per heavy atom. The highest BCUT2D eigenvalue weighted by Gasteiger charge is 2.14. The minimum atomic E-state index is -0.613. The van der Waals surface area contributed by atoms with Crippen LogP contribution in [0, 0.1) is 10.1 Å². The van der Waals surface area contributed by atoms with Crippen LogP contribution in [0.4, 0.5) is 5.69 Å². The number of hydrogen-bond donors (Lipinski definition) is 2. The van der Waals surface area contributed by atoms with Gasteiger partial charge in [0.2, 0.25) is 0 Å². The quantitative estimate of drug-likeness (QED) is 0.334. The number of ether oxygens (including phenoxy) is 1. The Morgan fingerprint density at radius 2 is 2.18 bits per heavy atom. The van der Waals surface area contributed by atoms with Gasteiger partial charge in [0.15, 0.2) is 17.3 Å². The van der Waals surface area contributed by atoms with Crippen molar-refractivity contribution in [2.75, 3.05) is 6.61 Å². The van der Waals surface area contributed by atoms with E-state index in [0.717, 1.165) is 0 Å². The second kappa shape index (κ2) is 8.09. The van der Waals surface area contributed by atoms with Crippen molar-refractivity contribution in [1.82, 2.24) is 5.43 Å². The predicted molar refractivity (Wildman–Crippen MR) is 105 cm³/mol. The first-order chi connectivity index (χ1) is 13.4. The average Bonchev–Trinajstić information content (AvgIpc) is 3.09. The van der Waals surface area contributed by atoms with Gasteiger partial charge in [0.25, 0.3) is 5.69 Å². The maximum Gasteiger partial charge on any atom is 0.307 e. The van der Waals surface area contributed by atoms with Crippen LogP contribution in [0.2, 0.25) is 0 Å². The van der Waals surface area contributed by atoms with E-state index in [1.165, 1.54) is 30.5 Å². The molecule has 2 aromatic carbocycles. The number of amides is 1. The minimum absolute atomic E-state index is 0.0283. The van der Waals surface area contributed by atoms with Crippen molar-refractivity contribution in [1.29, 1.82) is 0 Å². The topological polar surface area (TPSA) is 127 Å². The van der Waals surface area contributed by atoms with Gasteiger partial charge in [-0.05, 0) is 52.7 Å². The zero-order chi connectivity index (χ0) is 20.3. The van der Waals surface area contributed by atoms with Crippen molar-refractivity contribution in [2.45, 2.75) is 6.92 Å². The largest absolute Gasteiger partial charge is 0.503 e. The van der Waals surface area contributed by atoms with Gasteiger partial charge >= 0.3 is 5.91 Å². The van der Waals surface area contributed by atoms with E-state index in [-0.39, 0.29) is 22.9 Å². The maximum absolute atomic E-state index is 12.2. The summed E-state index contributed by atoms with van der Waals surface area (Å²) in [6.07, 6.45) is 1.37. The van der Waals surface area contributed by atoms with Gasteiger partial charge in [-0.1, -0.05) is 0 Å². The van der Waals surface area contributed by atoms with Crippen LogP contribution < -0.4 is 10.2 Å². The number of hydrazone groups is 1. The number of hydrogen-bond acceptors (Lipinski definition) is 7. The summed E-state index contributed by atoms with van der Waals surface area (Å²) in [6.45, 7) is 2.16. The van der Waals surface area contributed by atoms with Crippen molar-refractivity contribution in [3.05, 3.63) is 62.3 Å². The second-order valence-electron chi connectivity index (χ2n) is 5.57. The number of phenolic OH excluding ortho intramolecular Hbond substituents is 1. The number of aromatic hydroxyl groups is 1. The number of furan rings is 1. The zero-order valence-corrected chi connectivity index (χ0v) is 16.1. The molecule has 2 N–H and O–H groups in total. The van der Waals surface area contributed by atoms with Gasteiger partial charge < -0.3 is 14.3 Å². The lowest BCUT2D eigenvalue weighted by molar-refractivity contribution is -0.384. The Kier molecular flexibility index (Phi) is 5.59. The molecule has 1 aromatic heterocycles. The van der Waals surface area contributed by atoms with E-state index in [2.05, 4.69) is 26.5 Å². The molecule has 0 aliphatic heterocycles. The van der Waals surface area contributed by atoms with E-state index in [0.29, 0.717) is 27.6 Å². The number of phenols is 1. The van der Waals surface area contributed by atoms with Crippen LogP contribution in [0.15, 0.2) is 50.4 Å². The molecular weight excluding hydrogens is 434 g/mol. The minimum Gasteiger partial charge on any atom is -0.503 e. The Balaban J connectivity index is 1.75. The normalized spacial score (nSPS) is 11.1. The number of non-ortho nitro benzene ring substituents is 1. The fourth-order valence-electron chi connectivity index (χ4n) is 2.41. The van der Waals surface area contributed by atoms with Crippen molar-refractivity contribution in [2.24, 2.45) is 5.10 Å². The molecule has 0 aliphatic rings. The van der Waals surface area contributed by atoms with Crippen LogP contribution in [0.1, 0.15) is 23.0 Å². The molecule has 0 spiro atoms. The molecule has 0 radical (unpaired) electrons. The van der Waals surface area contributed by atoms with E-state index < -0.39 is 10.8 Å². The number of nitro groups is 1. The Morgan fingerprint density at radius 3 is 2.89 bits per heavy atom. The molecule has 0 aliphatic carbocycles. The van der Waals surface area contributed by atoms with Gasteiger partial charge in [-0.2, -0.15) is 5.10 Å². The lowest BCUT2D eigenvalue weighted by Gasteiger charge is -2.08. The van der Waals surface area contributed by atoms with Gasteiger partial charge in [0.1, 0.15) is 5.58 Å². The molecule has 0 saturated carbocycles. The number of nitro benzene ring substituents is 1. The summed E-state index contributed by atoms with van der Waals surface area (Å²) in [5.41, 5.74) is 3.15. The molecule has 0 atom stereocenters. The lowest BCUT2D eigenvalue weighted by atomic mass is 10.2. The highest BCUT2D eigenvalue weighted by atomic mass is 79.9. The molecule has 0 fully saturated rings. The van der Waals surface area contributed by atoms with E-state index in [4.69, 9.17) is 9.15 Å². The first-order valence-electron chi connectivity index (χ1n) is 8.05. The van der Waals surface area contributed by atoms with E-state index >= 15 is 0 Å². The maximum atomic E-state index is 12.2. The molecule has 1 heterocycles. The number of carbonyl (C=O) groups is 1. The van der Waals surface area contributed by atoms with Gasteiger partial charge in [-0.25, -0.2) is 5.43 Å². The number of fused-ring (bicyclic) bond motifs is 1. The average molecular weight is 448 g/mol. The summed E-state index contributed by atoms with van der Waals surface area (Å²) in [7, 11) is 0. The number of rotatable bonds is 6. The van der Waals surface area contributed by atoms with Crippen LogP contribution in [-0.2, 0) is 0 Å². The van der Waals surface area contributed by atoms with Gasteiger partial charge in [-0.15, -0.1) is 0 Å². The third-order valence-corrected chi connectivity index (χ3v) is 4.27. The molecular formula is C18H14BrN3O6. The van der Waals surface area contributed by atoms with Crippen LogP contribution in [0.25, 0.3) is 11.0 Å². The molecule has 144 valence electrons. The zero-order valence-electron chi connectivity index (χ0n) is 14.5. The molecule has 1 amide bonds. The molecule has 10 heteroatoms. The summed E-state index contributed by atoms with van der Waals surface area (Å²) in [5, 5.41) is 25.0. The SMILES string of the molecule is CCOc1cc(/C=N\NC(=O)c2cc3cc([N+](=O)[O-])ccc3o2)cc(Br)c1O. The Bertz CT molecular complexity index is 1090. The standard InChI is InChI=1S/C18H14BrN3O6/c1-2-27-15-6-10(5-13(19)17(15)23)9-20-21-18(24)16-8-11-7-12(22(25)26)3-4-14(11)28-16/h3-9,23H,2H2,1H3,(H,21,24)/b20-9-. The smallest absolute Gasteiger partial charge is 0.307 e. The molecule has 3 aromatic rings. The number of nitrogens with zero attached hydrogens (tertiary/aromatic N) is 2. The fourth-order valence-corrected chi connectivity index (χ4v) is 2.87. The highest BCUT2D eigenvalue weighted by Crippen LogP contribution is 2.35. The molecule has 3 rings (SSSR count). The molecule has 9 nitrogen and oxygen atoms in total. The van der Waals surface area contributed by atoms with Crippen molar-refractivity contribution in [3.8, 4) is 11.5 Å². The summed E-state index contributed by atoms with van der Waals surface area (Å²) in [6, 6.07) is 8.62. The number of benzene rings is 2. The summed E-state index contributed by atoms with van der Waals surface area (Å²) < 4.78 is 11.1. The number of halogens is 1. The number of carbonyl (C=O) groups excluding carboxylic acids is 1. The van der Waals surface area contributed by atoms with Crippen LogP contribution >= 0.6 is 15.9 Å². The summed E-state index contributed by atoms with van der Waals surface area (Å²) >= 11 is 3.22. The monoisotopic (exact) mass is 447 g/mol. The molecule has 0 bridgehead atoms. The molecule has 28 heavy (non-hydrogen) atoms. The predicted octanol–water partition coefficient (Wildman–Crippen LogP) is 3.97. The van der Waals surface area contributed by atoms with E-state index in [1.807, 2.05) is 0 Å². The van der Waals surface area contributed by atoms with Crippen molar-refractivity contribution in [3.63, 3.8) is 0 Å². The molecule has 0 unspecified atom stereocenters. The van der Waals surface area contributed by atoms with E-state index in [9.17, 15) is 20.0 Å². The van der Waals surface area contributed by atoms with E-state index in [1.54, 1.807) is 19.1 Å². The lowest BCUT2D eigenvalue weighted by Crippen LogP contribution is -2.16. The second-order valence-corrected chi connectivity index (χ2v) is 6.43. The van der Waals surface area contributed by atoms with Crippen molar-refractivity contribution >= 4 is 44.7 Å². The summed E-state index contributed by atoms with van der Waals surface area (Å²) in [4.78, 5) is 22.5. The fraction of sp³-hybridized carbons (Fsp3) is 0.111. The first kappa shape index (κ1) is 19.4. The van der Waals surface area contributed by atoms with Gasteiger partial charge in [-0.3, -0.25) is 14.9 Å². The Hall–Kier alpha value is -3.40. The van der Waals surface area contributed by atoms with Crippen molar-refractivity contribution < 1.29 is 24.0 Å². The number of nitrogens with one attached hydrogen (secondary N) is 1. The van der Waals surface area contributed by atoms with Crippen LogP contribution in [-0.4, -0.2) is 28.8 Å². The molecule has 0 saturated heterocycles.